The van der Waals surface area contributed by atoms with Crippen molar-refractivity contribution in [1.82, 2.24) is 10.6 Å². The highest BCUT2D eigenvalue weighted by molar-refractivity contribution is 5.83. The predicted octanol–water partition coefficient (Wildman–Crippen LogP) is 2.61. The van der Waals surface area contributed by atoms with E-state index in [0.29, 0.717) is 0 Å². The molecule has 4 rings (SSSR count). The average Bonchev–Trinajstić information content (AvgIpc) is 3.16. The van der Waals surface area contributed by atoms with Crippen LogP contribution >= 0.6 is 0 Å². The van der Waals surface area contributed by atoms with E-state index in [2.05, 4.69) is 10.6 Å². The highest BCUT2D eigenvalue weighted by Crippen LogP contribution is 2.54. The Morgan fingerprint density at radius 2 is 1.55 bits per heavy atom. The fourth-order valence-electron chi connectivity index (χ4n) is 4.07. The van der Waals surface area contributed by atoms with Gasteiger partial charge in [-0.2, -0.15) is 0 Å². The topological polar surface area (TPSA) is 105 Å². The van der Waals surface area contributed by atoms with Crippen LogP contribution in [0.15, 0.2) is 48.5 Å². The van der Waals surface area contributed by atoms with Gasteiger partial charge >= 0.3 is 12.1 Å². The van der Waals surface area contributed by atoms with Gasteiger partial charge in [-0.1, -0.05) is 48.5 Å². The summed E-state index contributed by atoms with van der Waals surface area (Å²) in [6, 6.07) is 15.7. The molecule has 2 amide bonds. The molecule has 1 fully saturated rings. The number of hydrogen-bond donors (Lipinski definition) is 3. The largest absolute Gasteiger partial charge is 0.481 e. The quantitative estimate of drug-likeness (QED) is 0.626. The number of halogens is 2. The van der Waals surface area contributed by atoms with Crippen molar-refractivity contribution in [3.05, 3.63) is 59.7 Å². The van der Waals surface area contributed by atoms with E-state index >= 15 is 0 Å². The van der Waals surface area contributed by atoms with Crippen LogP contribution in [0.3, 0.4) is 0 Å². The van der Waals surface area contributed by atoms with Gasteiger partial charge in [-0.3, -0.25) is 9.59 Å². The van der Waals surface area contributed by atoms with Gasteiger partial charge in [-0.05, 0) is 22.3 Å². The Morgan fingerprint density at radius 3 is 2.10 bits per heavy atom. The smallest absolute Gasteiger partial charge is 0.407 e. The van der Waals surface area contributed by atoms with Crippen LogP contribution in [-0.4, -0.2) is 48.7 Å². The van der Waals surface area contributed by atoms with E-state index in [1.807, 2.05) is 48.5 Å². The number of amides is 2. The first-order valence-electron chi connectivity index (χ1n) is 9.77. The highest BCUT2D eigenvalue weighted by atomic mass is 19.3. The van der Waals surface area contributed by atoms with Crippen molar-refractivity contribution in [2.75, 3.05) is 19.7 Å². The maximum atomic E-state index is 13.3. The van der Waals surface area contributed by atoms with Crippen LogP contribution in [0.25, 0.3) is 11.1 Å². The number of alkyl carbamates (subject to hydrolysis) is 1. The van der Waals surface area contributed by atoms with Crippen molar-refractivity contribution >= 4 is 18.0 Å². The van der Waals surface area contributed by atoms with Crippen LogP contribution in [0.2, 0.25) is 0 Å². The minimum atomic E-state index is -3.33. The molecule has 0 saturated heterocycles. The Morgan fingerprint density at radius 1 is 0.968 bits per heavy atom. The number of nitrogens with one attached hydrogen (secondary N) is 2. The van der Waals surface area contributed by atoms with E-state index in [9.17, 15) is 23.2 Å². The number of carboxylic acids is 1. The summed E-state index contributed by atoms with van der Waals surface area (Å²) in [7, 11) is 0. The molecule has 0 heterocycles. The van der Waals surface area contributed by atoms with Crippen molar-refractivity contribution < 1.29 is 33.0 Å². The zero-order chi connectivity index (χ0) is 22.2. The summed E-state index contributed by atoms with van der Waals surface area (Å²) >= 11 is 0. The summed E-state index contributed by atoms with van der Waals surface area (Å²) in [5.41, 5.74) is 4.27. The van der Waals surface area contributed by atoms with E-state index in [0.717, 1.165) is 22.3 Å². The van der Waals surface area contributed by atoms with Crippen LogP contribution in [0.1, 0.15) is 17.0 Å². The standard InChI is InChI=1S/C22H20F2N2O5/c23-22(24)17(19(22)20(28)29)9-25-18(27)10-26-21(30)31-11-16-14-7-3-1-5-12(14)13-6-2-4-8-15(13)16/h1-8,16-17,19H,9-11H2,(H,25,27)(H,26,30)(H,28,29)/t17-,19-/m0/s1. The van der Waals surface area contributed by atoms with Gasteiger partial charge in [-0.25, -0.2) is 13.6 Å². The lowest BCUT2D eigenvalue weighted by Gasteiger charge is -2.14. The van der Waals surface area contributed by atoms with Gasteiger partial charge in [0.1, 0.15) is 12.5 Å². The predicted molar refractivity (Wildman–Crippen MR) is 106 cm³/mol. The first-order chi connectivity index (χ1) is 14.8. The van der Waals surface area contributed by atoms with Gasteiger partial charge in [0.05, 0.1) is 12.5 Å². The molecule has 0 bridgehead atoms. The van der Waals surface area contributed by atoms with Gasteiger partial charge in [0.15, 0.2) is 0 Å². The van der Waals surface area contributed by atoms with Crippen molar-refractivity contribution in [2.24, 2.45) is 11.8 Å². The van der Waals surface area contributed by atoms with Crippen molar-refractivity contribution in [3.63, 3.8) is 0 Å². The molecule has 2 atom stereocenters. The number of carbonyl (C=O) groups excluding carboxylic acids is 2. The lowest BCUT2D eigenvalue weighted by molar-refractivity contribution is -0.141. The van der Waals surface area contributed by atoms with E-state index in [1.165, 1.54) is 0 Å². The Hall–Kier alpha value is -3.49. The Balaban J connectivity index is 1.25. The molecule has 0 unspecified atom stereocenters. The molecule has 7 nitrogen and oxygen atoms in total. The zero-order valence-electron chi connectivity index (χ0n) is 16.3. The lowest BCUT2D eigenvalue weighted by Crippen LogP contribution is -2.38. The summed E-state index contributed by atoms with van der Waals surface area (Å²) in [6.07, 6.45) is -0.808. The zero-order valence-corrected chi connectivity index (χ0v) is 16.3. The third-order valence-electron chi connectivity index (χ3n) is 5.72. The van der Waals surface area contributed by atoms with Crippen LogP contribution < -0.4 is 10.6 Å². The van der Waals surface area contributed by atoms with Crippen LogP contribution in [0.5, 0.6) is 0 Å². The summed E-state index contributed by atoms with van der Waals surface area (Å²) in [4.78, 5) is 34.5. The number of benzene rings is 2. The number of hydrogen-bond acceptors (Lipinski definition) is 4. The van der Waals surface area contributed by atoms with E-state index in [1.54, 1.807) is 0 Å². The number of alkyl halides is 2. The van der Waals surface area contributed by atoms with Crippen LogP contribution in [-0.2, 0) is 14.3 Å². The number of carboxylic acid groups (broad SMARTS) is 1. The van der Waals surface area contributed by atoms with Crippen molar-refractivity contribution in [1.29, 1.82) is 0 Å². The molecule has 31 heavy (non-hydrogen) atoms. The van der Waals surface area contributed by atoms with Crippen molar-refractivity contribution in [2.45, 2.75) is 11.8 Å². The van der Waals surface area contributed by atoms with Crippen LogP contribution in [0.4, 0.5) is 13.6 Å². The SMILES string of the molecule is O=C(CNC(=O)OCC1c2ccccc2-c2ccccc21)NC[C@H]1[C@@H](C(=O)O)C1(F)F. The van der Waals surface area contributed by atoms with E-state index in [4.69, 9.17) is 9.84 Å². The molecule has 1 saturated carbocycles. The van der Waals surface area contributed by atoms with Crippen molar-refractivity contribution in [3.8, 4) is 11.1 Å². The maximum Gasteiger partial charge on any atom is 0.407 e. The minimum Gasteiger partial charge on any atom is -0.481 e. The molecule has 2 aromatic rings. The second-order valence-electron chi connectivity index (χ2n) is 7.58. The highest BCUT2D eigenvalue weighted by Gasteiger charge is 2.72. The molecule has 162 valence electrons. The summed E-state index contributed by atoms with van der Waals surface area (Å²) < 4.78 is 31.9. The molecule has 2 aliphatic rings. The Bertz CT molecular complexity index is 997. The molecule has 0 radical (unpaired) electrons. The summed E-state index contributed by atoms with van der Waals surface area (Å²) in [5.74, 6) is -9.00. The fourth-order valence-corrected chi connectivity index (χ4v) is 4.07. The molecule has 2 aliphatic carbocycles. The van der Waals surface area contributed by atoms with Gasteiger partial charge < -0.3 is 20.5 Å². The second-order valence-corrected chi connectivity index (χ2v) is 7.58. The van der Waals surface area contributed by atoms with Crippen LogP contribution in [0, 0.1) is 11.8 Å². The van der Waals surface area contributed by atoms with E-state index in [-0.39, 0.29) is 12.5 Å². The maximum absolute atomic E-state index is 13.3. The third-order valence-corrected chi connectivity index (χ3v) is 5.72. The first-order valence-corrected chi connectivity index (χ1v) is 9.77. The summed E-state index contributed by atoms with van der Waals surface area (Å²) in [5, 5.41) is 13.2. The third kappa shape index (κ3) is 3.95. The van der Waals surface area contributed by atoms with Gasteiger partial charge in [0.25, 0.3) is 5.92 Å². The molecule has 3 N–H and O–H groups in total. The fraction of sp³-hybridized carbons (Fsp3) is 0.318. The molecule has 0 aliphatic heterocycles. The lowest BCUT2D eigenvalue weighted by atomic mass is 9.98. The number of fused-ring (bicyclic) bond motifs is 3. The molecule has 9 heteroatoms. The average molecular weight is 430 g/mol. The normalized spacial score (nSPS) is 20.3. The number of aliphatic carboxylic acids is 1. The Labute approximate surface area is 176 Å². The second kappa shape index (κ2) is 7.98. The molecule has 0 aromatic heterocycles. The van der Waals surface area contributed by atoms with Gasteiger partial charge in [-0.15, -0.1) is 0 Å². The van der Waals surface area contributed by atoms with E-state index < -0.39 is 48.8 Å². The molecule has 2 aromatic carbocycles. The summed E-state index contributed by atoms with van der Waals surface area (Å²) in [6.45, 7) is -0.863. The first kappa shape index (κ1) is 20.8. The number of rotatable bonds is 7. The Kier molecular flexibility index (Phi) is 5.34. The molecular weight excluding hydrogens is 410 g/mol. The monoisotopic (exact) mass is 430 g/mol. The molecular formula is C22H20F2N2O5. The molecule has 0 spiro atoms. The minimum absolute atomic E-state index is 0.0794. The number of carbonyl (C=O) groups is 3. The van der Waals surface area contributed by atoms with Gasteiger partial charge in [0, 0.05) is 12.5 Å². The van der Waals surface area contributed by atoms with Gasteiger partial charge in [0.2, 0.25) is 5.91 Å². The number of ether oxygens (including phenoxy) is 1.